The van der Waals surface area contributed by atoms with Crippen LogP contribution in [0.15, 0.2) is 79.9 Å². The van der Waals surface area contributed by atoms with Gasteiger partial charge in [-0.15, -0.1) is 0 Å². The molecule has 4 aromatic rings. The van der Waals surface area contributed by atoms with E-state index >= 15 is 0 Å². The molecule has 0 saturated heterocycles. The highest BCUT2D eigenvalue weighted by atomic mass is 15.3. The van der Waals surface area contributed by atoms with E-state index in [1.54, 1.807) is 25.3 Å². The predicted octanol–water partition coefficient (Wildman–Crippen LogP) is 3.02. The van der Waals surface area contributed by atoms with Crippen LogP contribution in [0.25, 0.3) is 11.1 Å². The van der Waals surface area contributed by atoms with Crippen molar-refractivity contribution in [2.24, 2.45) is 0 Å². The molecule has 2 heterocycles. The SMILES string of the molecule is c1ccc(-c2ccc(C(Cn3cncn3)Cn3cncn3)cc2)cc1. The first-order chi connectivity index (χ1) is 12.4. The fraction of sp³-hybridized carbons (Fsp3) is 0.158. The van der Waals surface area contributed by atoms with E-state index in [9.17, 15) is 0 Å². The normalized spacial score (nSPS) is 11.1. The monoisotopic (exact) mass is 330 g/mol. The van der Waals surface area contributed by atoms with Gasteiger partial charge in [-0.25, -0.2) is 9.97 Å². The molecule has 0 saturated carbocycles. The van der Waals surface area contributed by atoms with Crippen LogP contribution in [-0.4, -0.2) is 29.5 Å². The Morgan fingerprint density at radius 3 is 1.76 bits per heavy atom. The summed E-state index contributed by atoms with van der Waals surface area (Å²) in [6, 6.07) is 19.1. The summed E-state index contributed by atoms with van der Waals surface area (Å²) in [6.07, 6.45) is 6.61. The summed E-state index contributed by atoms with van der Waals surface area (Å²) in [5, 5.41) is 8.47. The van der Waals surface area contributed by atoms with E-state index in [0.717, 1.165) is 13.1 Å². The largest absolute Gasteiger partial charge is 0.252 e. The molecular weight excluding hydrogens is 312 g/mol. The molecule has 0 spiro atoms. The molecule has 0 aliphatic heterocycles. The molecule has 0 atom stereocenters. The highest BCUT2D eigenvalue weighted by Crippen LogP contribution is 2.24. The zero-order valence-electron chi connectivity index (χ0n) is 13.7. The second-order valence-corrected chi connectivity index (χ2v) is 5.92. The van der Waals surface area contributed by atoms with Gasteiger partial charge in [0, 0.05) is 5.92 Å². The van der Waals surface area contributed by atoms with Crippen molar-refractivity contribution in [3.05, 3.63) is 85.5 Å². The van der Waals surface area contributed by atoms with Crippen molar-refractivity contribution in [2.75, 3.05) is 0 Å². The number of hydrogen-bond acceptors (Lipinski definition) is 4. The Balaban J connectivity index is 1.59. The van der Waals surface area contributed by atoms with Crippen molar-refractivity contribution < 1.29 is 0 Å². The molecule has 0 fully saturated rings. The van der Waals surface area contributed by atoms with E-state index in [-0.39, 0.29) is 5.92 Å². The van der Waals surface area contributed by atoms with Crippen molar-refractivity contribution in [3.8, 4) is 11.1 Å². The van der Waals surface area contributed by atoms with Crippen LogP contribution < -0.4 is 0 Å². The van der Waals surface area contributed by atoms with Gasteiger partial charge in [-0.3, -0.25) is 9.36 Å². The van der Waals surface area contributed by atoms with Gasteiger partial charge in [0.25, 0.3) is 0 Å². The predicted molar refractivity (Wildman–Crippen MR) is 94.7 cm³/mol. The van der Waals surface area contributed by atoms with Gasteiger partial charge in [0.2, 0.25) is 0 Å². The summed E-state index contributed by atoms with van der Waals surface area (Å²) < 4.78 is 3.71. The summed E-state index contributed by atoms with van der Waals surface area (Å²) >= 11 is 0. The van der Waals surface area contributed by atoms with Crippen molar-refractivity contribution in [1.29, 1.82) is 0 Å². The van der Waals surface area contributed by atoms with Crippen LogP contribution in [0.5, 0.6) is 0 Å². The zero-order valence-corrected chi connectivity index (χ0v) is 13.7. The van der Waals surface area contributed by atoms with E-state index in [2.05, 4.69) is 68.7 Å². The number of hydrogen-bond donors (Lipinski definition) is 0. The van der Waals surface area contributed by atoms with Gasteiger partial charge in [-0.05, 0) is 16.7 Å². The fourth-order valence-corrected chi connectivity index (χ4v) is 2.95. The van der Waals surface area contributed by atoms with Crippen LogP contribution in [0, 0.1) is 0 Å². The minimum absolute atomic E-state index is 0.230. The Morgan fingerprint density at radius 1 is 0.680 bits per heavy atom. The van der Waals surface area contributed by atoms with E-state index in [1.807, 2.05) is 15.4 Å². The molecule has 4 rings (SSSR count). The van der Waals surface area contributed by atoms with Crippen LogP contribution in [0.1, 0.15) is 11.5 Å². The molecule has 2 aromatic heterocycles. The Morgan fingerprint density at radius 2 is 1.24 bits per heavy atom. The Kier molecular flexibility index (Phi) is 4.33. The Bertz CT molecular complexity index is 847. The third-order valence-corrected chi connectivity index (χ3v) is 4.24. The Labute approximate surface area is 145 Å². The van der Waals surface area contributed by atoms with Gasteiger partial charge in [-0.1, -0.05) is 54.6 Å². The number of benzene rings is 2. The van der Waals surface area contributed by atoms with Gasteiger partial charge in [0.05, 0.1) is 13.1 Å². The molecule has 0 bridgehead atoms. The lowest BCUT2D eigenvalue weighted by molar-refractivity contribution is 0.437. The molecule has 0 radical (unpaired) electrons. The topological polar surface area (TPSA) is 61.4 Å². The highest BCUT2D eigenvalue weighted by Gasteiger charge is 2.14. The number of aromatic nitrogens is 6. The lowest BCUT2D eigenvalue weighted by Gasteiger charge is -2.17. The van der Waals surface area contributed by atoms with Crippen molar-refractivity contribution >= 4 is 0 Å². The van der Waals surface area contributed by atoms with Crippen LogP contribution >= 0.6 is 0 Å². The minimum atomic E-state index is 0.230. The lowest BCUT2D eigenvalue weighted by Crippen LogP contribution is -2.16. The van der Waals surface area contributed by atoms with Gasteiger partial charge < -0.3 is 0 Å². The summed E-state index contributed by atoms with van der Waals surface area (Å²) in [7, 11) is 0. The summed E-state index contributed by atoms with van der Waals surface area (Å²) in [6.45, 7) is 1.48. The van der Waals surface area contributed by atoms with Gasteiger partial charge in [0.15, 0.2) is 0 Å². The van der Waals surface area contributed by atoms with Crippen LogP contribution in [-0.2, 0) is 13.1 Å². The molecule has 0 aliphatic rings. The maximum atomic E-state index is 4.24. The smallest absolute Gasteiger partial charge is 0.137 e. The Hall–Kier alpha value is -3.28. The third-order valence-electron chi connectivity index (χ3n) is 4.24. The van der Waals surface area contributed by atoms with Crippen LogP contribution in [0.4, 0.5) is 0 Å². The van der Waals surface area contributed by atoms with E-state index < -0.39 is 0 Å². The molecule has 124 valence electrons. The van der Waals surface area contributed by atoms with Gasteiger partial charge >= 0.3 is 0 Å². The van der Waals surface area contributed by atoms with Crippen molar-refractivity contribution in [2.45, 2.75) is 19.0 Å². The fourth-order valence-electron chi connectivity index (χ4n) is 2.95. The number of rotatable bonds is 6. The van der Waals surface area contributed by atoms with Crippen molar-refractivity contribution in [3.63, 3.8) is 0 Å². The first kappa shape index (κ1) is 15.3. The molecule has 2 aromatic carbocycles. The van der Waals surface area contributed by atoms with E-state index in [1.165, 1.54) is 16.7 Å². The molecule has 0 N–H and O–H groups in total. The maximum Gasteiger partial charge on any atom is 0.137 e. The average Bonchev–Trinajstić information content (AvgIpc) is 3.36. The van der Waals surface area contributed by atoms with Gasteiger partial charge in [-0.2, -0.15) is 10.2 Å². The van der Waals surface area contributed by atoms with E-state index in [0.29, 0.717) is 0 Å². The molecule has 25 heavy (non-hydrogen) atoms. The quantitative estimate of drug-likeness (QED) is 0.545. The van der Waals surface area contributed by atoms with Crippen molar-refractivity contribution in [1.82, 2.24) is 29.5 Å². The minimum Gasteiger partial charge on any atom is -0.252 e. The molecular formula is C19H18N6. The third kappa shape index (κ3) is 3.63. The zero-order chi connectivity index (χ0) is 16.9. The summed E-state index contributed by atoms with van der Waals surface area (Å²) in [5.74, 6) is 0.230. The standard InChI is InChI=1S/C19H18N6/c1-2-4-16(5-3-1)17-6-8-18(9-7-17)19(10-24-14-20-12-22-24)11-25-15-21-13-23-25/h1-9,12-15,19H,10-11H2. The van der Waals surface area contributed by atoms with Crippen LogP contribution in [0.2, 0.25) is 0 Å². The maximum absolute atomic E-state index is 4.24. The molecule has 6 heteroatoms. The molecule has 0 unspecified atom stereocenters. The lowest BCUT2D eigenvalue weighted by atomic mass is 9.96. The second-order valence-electron chi connectivity index (χ2n) is 5.92. The first-order valence-corrected chi connectivity index (χ1v) is 8.19. The highest BCUT2D eigenvalue weighted by molar-refractivity contribution is 5.63. The second kappa shape index (κ2) is 7.09. The summed E-state index contributed by atoms with van der Waals surface area (Å²) in [4.78, 5) is 8.07. The van der Waals surface area contributed by atoms with Crippen LogP contribution in [0.3, 0.4) is 0 Å². The molecule has 6 nitrogen and oxygen atoms in total. The van der Waals surface area contributed by atoms with Gasteiger partial charge in [0.1, 0.15) is 25.3 Å². The molecule has 0 aliphatic carbocycles. The molecule has 0 amide bonds. The summed E-state index contributed by atoms with van der Waals surface area (Å²) in [5.41, 5.74) is 3.67. The average molecular weight is 330 g/mol. The number of nitrogens with zero attached hydrogens (tertiary/aromatic N) is 6. The first-order valence-electron chi connectivity index (χ1n) is 8.19. The van der Waals surface area contributed by atoms with E-state index in [4.69, 9.17) is 0 Å².